The topological polar surface area (TPSA) is 55.4 Å². The summed E-state index contributed by atoms with van der Waals surface area (Å²) in [6.07, 6.45) is 0.335. The maximum Gasteiger partial charge on any atom is 0.339 e. The van der Waals surface area contributed by atoms with Gasteiger partial charge in [0.1, 0.15) is 0 Å². The lowest BCUT2D eigenvalue weighted by Crippen LogP contribution is -2.48. The number of rotatable bonds is 2. The first-order valence-electron chi connectivity index (χ1n) is 6.86. The van der Waals surface area contributed by atoms with Crippen LogP contribution < -0.4 is 5.32 Å². The summed E-state index contributed by atoms with van der Waals surface area (Å²) in [5, 5.41) is 3.27. The summed E-state index contributed by atoms with van der Waals surface area (Å²) in [7, 11) is 0. The number of anilines is 1. The Hall–Kier alpha value is -2.33. The molecule has 1 aliphatic heterocycles. The summed E-state index contributed by atoms with van der Waals surface area (Å²) in [5.41, 5.74) is 0.639. The number of cyclic esters (lactones) is 1. The van der Waals surface area contributed by atoms with Crippen molar-refractivity contribution in [1.29, 1.82) is 0 Å². The monoisotopic (exact) mass is 315 g/mol. The molecular weight excluding hydrogens is 302 g/mol. The van der Waals surface area contributed by atoms with Crippen molar-refractivity contribution in [3.05, 3.63) is 64.7 Å². The zero-order chi connectivity index (χ0) is 15.7. The highest BCUT2D eigenvalue weighted by Crippen LogP contribution is 2.29. The predicted octanol–water partition coefficient (Wildman–Crippen LogP) is 3.45. The Labute approximate surface area is 133 Å². The van der Waals surface area contributed by atoms with Crippen molar-refractivity contribution >= 4 is 29.2 Å². The van der Waals surface area contributed by atoms with Crippen LogP contribution in [0.1, 0.15) is 22.8 Å². The van der Waals surface area contributed by atoms with Gasteiger partial charge in [-0.1, -0.05) is 35.9 Å². The molecule has 0 aliphatic carbocycles. The van der Waals surface area contributed by atoms with Crippen LogP contribution in [0, 0.1) is 0 Å². The number of carbonyl (C=O) groups is 2. The predicted molar refractivity (Wildman–Crippen MR) is 84.0 cm³/mol. The summed E-state index contributed by atoms with van der Waals surface area (Å²) in [6, 6.07) is 14.0. The van der Waals surface area contributed by atoms with E-state index in [4.69, 9.17) is 16.3 Å². The molecule has 0 bridgehead atoms. The molecule has 1 heterocycles. The molecule has 0 radical (unpaired) electrons. The molecule has 3 rings (SSSR count). The molecular formula is C17H14ClNO3. The Balaban J connectivity index is 1.85. The third-order valence-electron chi connectivity index (χ3n) is 3.65. The first-order valence-corrected chi connectivity index (χ1v) is 7.24. The van der Waals surface area contributed by atoms with E-state index >= 15 is 0 Å². The molecule has 0 saturated carbocycles. The van der Waals surface area contributed by atoms with Crippen LogP contribution in [-0.2, 0) is 16.0 Å². The number of amides is 1. The lowest BCUT2D eigenvalue weighted by atomic mass is 9.89. The number of hydrogen-bond acceptors (Lipinski definition) is 3. The first kappa shape index (κ1) is 14.6. The van der Waals surface area contributed by atoms with Crippen LogP contribution in [0.15, 0.2) is 48.5 Å². The highest BCUT2D eigenvalue weighted by Gasteiger charge is 2.42. The van der Waals surface area contributed by atoms with E-state index in [1.165, 1.54) is 0 Å². The number of esters is 1. The van der Waals surface area contributed by atoms with Gasteiger partial charge in [-0.05, 0) is 36.8 Å². The molecule has 1 atom stereocenters. The smallest absolute Gasteiger partial charge is 0.339 e. The van der Waals surface area contributed by atoms with Crippen LogP contribution in [0.3, 0.4) is 0 Å². The van der Waals surface area contributed by atoms with Gasteiger partial charge in [0.05, 0.1) is 5.56 Å². The summed E-state index contributed by atoms with van der Waals surface area (Å²) in [4.78, 5) is 24.6. The van der Waals surface area contributed by atoms with Gasteiger partial charge in [0.2, 0.25) is 0 Å². The van der Waals surface area contributed by atoms with E-state index in [1.54, 1.807) is 43.3 Å². The van der Waals surface area contributed by atoms with Crippen molar-refractivity contribution in [3.8, 4) is 0 Å². The molecule has 2 aromatic carbocycles. The molecule has 1 amide bonds. The Morgan fingerprint density at radius 2 is 2.00 bits per heavy atom. The highest BCUT2D eigenvalue weighted by molar-refractivity contribution is 6.30. The van der Waals surface area contributed by atoms with Gasteiger partial charge in [-0.25, -0.2) is 4.79 Å². The van der Waals surface area contributed by atoms with Crippen molar-refractivity contribution in [2.24, 2.45) is 0 Å². The van der Waals surface area contributed by atoms with Gasteiger partial charge in [0.25, 0.3) is 5.91 Å². The molecule has 112 valence electrons. The second-order valence-corrected chi connectivity index (χ2v) is 5.86. The minimum atomic E-state index is -1.24. The zero-order valence-corrected chi connectivity index (χ0v) is 12.7. The van der Waals surface area contributed by atoms with E-state index < -0.39 is 11.6 Å². The number of ether oxygens (including phenoxy) is 1. The van der Waals surface area contributed by atoms with Crippen LogP contribution in [0.2, 0.25) is 5.02 Å². The molecule has 22 heavy (non-hydrogen) atoms. The molecule has 0 aromatic heterocycles. The Morgan fingerprint density at radius 3 is 2.77 bits per heavy atom. The number of hydrogen-bond donors (Lipinski definition) is 1. The fourth-order valence-electron chi connectivity index (χ4n) is 2.49. The number of benzene rings is 2. The van der Waals surface area contributed by atoms with Gasteiger partial charge >= 0.3 is 5.97 Å². The van der Waals surface area contributed by atoms with Crippen LogP contribution in [0.25, 0.3) is 0 Å². The molecule has 2 aromatic rings. The van der Waals surface area contributed by atoms with Crippen molar-refractivity contribution in [1.82, 2.24) is 0 Å². The van der Waals surface area contributed by atoms with E-state index in [2.05, 4.69) is 5.32 Å². The van der Waals surface area contributed by atoms with Crippen LogP contribution >= 0.6 is 11.6 Å². The first-order chi connectivity index (χ1) is 10.5. The van der Waals surface area contributed by atoms with Crippen molar-refractivity contribution in [2.75, 3.05) is 5.32 Å². The van der Waals surface area contributed by atoms with E-state index in [9.17, 15) is 9.59 Å². The lowest BCUT2D eigenvalue weighted by molar-refractivity contribution is -0.134. The van der Waals surface area contributed by atoms with Crippen LogP contribution in [-0.4, -0.2) is 17.5 Å². The van der Waals surface area contributed by atoms with Gasteiger partial charge in [0, 0.05) is 17.1 Å². The van der Waals surface area contributed by atoms with E-state index in [-0.39, 0.29) is 5.91 Å². The summed E-state index contributed by atoms with van der Waals surface area (Å²) in [5.74, 6) is -0.858. The van der Waals surface area contributed by atoms with Crippen LogP contribution in [0.5, 0.6) is 0 Å². The minimum Gasteiger partial charge on any atom is -0.445 e. The van der Waals surface area contributed by atoms with Gasteiger partial charge in [-0.15, -0.1) is 0 Å². The van der Waals surface area contributed by atoms with E-state index in [0.717, 1.165) is 5.56 Å². The minimum absolute atomic E-state index is 0.335. The fourth-order valence-corrected chi connectivity index (χ4v) is 2.68. The van der Waals surface area contributed by atoms with Gasteiger partial charge in [-0.3, -0.25) is 4.79 Å². The average Bonchev–Trinajstić information content (AvgIpc) is 2.47. The van der Waals surface area contributed by atoms with E-state index in [0.29, 0.717) is 22.7 Å². The van der Waals surface area contributed by atoms with Gasteiger partial charge in [-0.2, -0.15) is 0 Å². The summed E-state index contributed by atoms with van der Waals surface area (Å²) >= 11 is 5.90. The number of halogens is 1. The van der Waals surface area contributed by atoms with E-state index in [1.807, 2.05) is 12.1 Å². The van der Waals surface area contributed by atoms with Crippen molar-refractivity contribution in [3.63, 3.8) is 0 Å². The van der Waals surface area contributed by atoms with Gasteiger partial charge < -0.3 is 10.1 Å². The third-order valence-corrected chi connectivity index (χ3v) is 3.88. The maximum absolute atomic E-state index is 12.5. The largest absolute Gasteiger partial charge is 0.445 e. The van der Waals surface area contributed by atoms with Gasteiger partial charge in [0.15, 0.2) is 5.60 Å². The fraction of sp³-hybridized carbons (Fsp3) is 0.176. The summed E-state index contributed by atoms with van der Waals surface area (Å²) < 4.78 is 5.38. The van der Waals surface area contributed by atoms with Crippen molar-refractivity contribution < 1.29 is 14.3 Å². The maximum atomic E-state index is 12.5. The number of carbonyl (C=O) groups excluding carboxylic acids is 2. The standard InChI is InChI=1S/C17H14ClNO3/c1-17(16(21)19-13-7-4-6-12(18)9-13)10-11-5-2-3-8-14(11)15(20)22-17/h2-9H,10H2,1H3,(H,19,21)/t17-/m1/s1. The molecule has 0 unspecified atom stereocenters. The normalized spacial score (nSPS) is 20.0. The second-order valence-electron chi connectivity index (χ2n) is 5.42. The SMILES string of the molecule is C[C@]1(C(=O)Nc2cccc(Cl)c2)Cc2ccccc2C(=O)O1. The summed E-state index contributed by atoms with van der Waals surface area (Å²) in [6.45, 7) is 1.61. The van der Waals surface area contributed by atoms with Crippen molar-refractivity contribution in [2.45, 2.75) is 18.9 Å². The highest BCUT2D eigenvalue weighted by atomic mass is 35.5. The Morgan fingerprint density at radius 1 is 1.23 bits per heavy atom. The molecule has 1 N–H and O–H groups in total. The molecule has 1 aliphatic rings. The molecule has 0 spiro atoms. The molecule has 5 heteroatoms. The third kappa shape index (κ3) is 2.70. The number of nitrogens with one attached hydrogen (secondary N) is 1. The number of fused-ring (bicyclic) bond motifs is 1. The zero-order valence-electron chi connectivity index (χ0n) is 11.9. The molecule has 0 fully saturated rings. The lowest BCUT2D eigenvalue weighted by Gasteiger charge is -2.33. The average molecular weight is 316 g/mol. The Kier molecular flexibility index (Phi) is 3.62. The second kappa shape index (κ2) is 5.46. The Bertz CT molecular complexity index is 759. The van der Waals surface area contributed by atoms with Crippen LogP contribution in [0.4, 0.5) is 5.69 Å². The molecule has 4 nitrogen and oxygen atoms in total. The molecule has 0 saturated heterocycles. The quantitative estimate of drug-likeness (QED) is 0.864.